The molecule has 3 nitrogen and oxygen atoms in total. The zero-order valence-electron chi connectivity index (χ0n) is 6.55. The lowest BCUT2D eigenvalue weighted by molar-refractivity contribution is 0.947. The Hall–Kier alpha value is -0.458. The van der Waals surface area contributed by atoms with Gasteiger partial charge < -0.3 is 0 Å². The maximum absolute atomic E-state index is 4.19. The molecule has 52 valence electrons. The average molecular weight is 151 g/mol. The van der Waals surface area contributed by atoms with Crippen molar-refractivity contribution in [2.24, 2.45) is 0 Å². The molecule has 0 aromatic carbocycles. The summed E-state index contributed by atoms with van der Waals surface area (Å²) in [6.07, 6.45) is 0. The lowest BCUT2D eigenvalue weighted by Gasteiger charge is -1.97. The Morgan fingerprint density at radius 3 is 1.90 bits per heavy atom. The van der Waals surface area contributed by atoms with Crippen LogP contribution in [0.25, 0.3) is 0 Å². The van der Waals surface area contributed by atoms with Crippen molar-refractivity contribution >= 4 is 19.9 Å². The minimum atomic E-state index is -0.214. The van der Waals surface area contributed by atoms with Gasteiger partial charge in [-0.25, -0.2) is 15.0 Å². The molecule has 0 unspecified atom stereocenters. The molecule has 1 aromatic heterocycles. The van der Waals surface area contributed by atoms with E-state index in [0.717, 1.165) is 16.3 Å². The van der Waals surface area contributed by atoms with Crippen LogP contribution < -0.4 is 4.69 Å². The highest BCUT2D eigenvalue weighted by Gasteiger charge is 1.97. The average Bonchev–Trinajstić information content (AvgIpc) is 1.85. The van der Waals surface area contributed by atoms with Gasteiger partial charge in [0.05, 0.1) is 0 Å². The monoisotopic (exact) mass is 151 g/mol. The number of hydrogen-bond donors (Lipinski definition) is 0. The molecule has 0 saturated heterocycles. The minimum absolute atomic E-state index is 0.214. The first-order chi connectivity index (χ1) is 4.72. The fraction of sp³-hybridized carbons (Fsp3) is 0.500. The van der Waals surface area contributed by atoms with E-state index in [0.29, 0.717) is 0 Å². The van der Waals surface area contributed by atoms with E-state index in [1.54, 1.807) is 0 Å². The zero-order valence-corrected chi connectivity index (χ0v) is 7.96. The van der Waals surface area contributed by atoms with Gasteiger partial charge in [0.25, 0.3) is 0 Å². The van der Waals surface area contributed by atoms with Gasteiger partial charge in [-0.05, 0) is 13.8 Å². The largest absolute Gasteiger partial charge is 0.342 e. The SMILES string of the molecule is [CH3][AlH][c]1nc(C)nc(C)n1. The van der Waals surface area contributed by atoms with Gasteiger partial charge in [0.1, 0.15) is 11.6 Å². The van der Waals surface area contributed by atoms with Crippen molar-refractivity contribution in [1.82, 2.24) is 15.0 Å². The molecule has 0 atom stereocenters. The second-order valence-corrected chi connectivity index (χ2v) is 3.54. The van der Waals surface area contributed by atoms with Gasteiger partial charge in [0.2, 0.25) is 0 Å². The standard InChI is InChI=1S/C5H6N3.CH3.Al.H/c1-4-6-3-7-5(2)8-4;;;/h1-2H3;1H3;;. The van der Waals surface area contributed by atoms with Gasteiger partial charge in [0.15, 0.2) is 0 Å². The molecule has 0 saturated carbocycles. The Labute approximate surface area is 66.6 Å². The predicted molar refractivity (Wildman–Crippen MR) is 41.9 cm³/mol. The number of nitrogens with zero attached hydrogens (tertiary/aromatic N) is 3. The molecule has 0 aliphatic heterocycles. The Bertz CT molecular complexity index is 216. The quantitative estimate of drug-likeness (QED) is 0.512. The Morgan fingerprint density at radius 2 is 1.50 bits per heavy atom. The molecule has 0 amide bonds. The Kier molecular flexibility index (Phi) is 2.36. The first-order valence-corrected chi connectivity index (χ1v) is 5.52. The van der Waals surface area contributed by atoms with E-state index >= 15 is 0 Å². The summed E-state index contributed by atoms with van der Waals surface area (Å²) in [6, 6.07) is 0. The first kappa shape index (κ1) is 7.65. The topological polar surface area (TPSA) is 38.7 Å². The highest BCUT2D eigenvalue weighted by atomic mass is 27.1. The molecule has 0 N–H and O–H groups in total. The van der Waals surface area contributed by atoms with Crippen LogP contribution in [0.3, 0.4) is 0 Å². The second kappa shape index (κ2) is 3.09. The molecular formula is C6H10AlN3. The number of aromatic nitrogens is 3. The predicted octanol–water partition coefficient (Wildman–Crippen LogP) is -0.402. The molecule has 1 aromatic rings. The van der Waals surface area contributed by atoms with Crippen molar-refractivity contribution in [3.8, 4) is 0 Å². The molecule has 0 bridgehead atoms. The van der Waals surface area contributed by atoms with E-state index in [9.17, 15) is 0 Å². The maximum Gasteiger partial charge on any atom is 0.342 e. The Balaban J connectivity index is 3.06. The molecule has 1 rings (SSSR count). The maximum atomic E-state index is 4.19. The van der Waals surface area contributed by atoms with Crippen LogP contribution in [0, 0.1) is 13.8 Å². The molecule has 0 spiro atoms. The van der Waals surface area contributed by atoms with Gasteiger partial charge >= 0.3 is 15.2 Å². The molecule has 10 heavy (non-hydrogen) atoms. The normalized spacial score (nSPS) is 9.50. The van der Waals surface area contributed by atoms with E-state index in [4.69, 9.17) is 0 Å². The van der Waals surface area contributed by atoms with E-state index < -0.39 is 0 Å². The number of rotatable bonds is 1. The summed E-state index contributed by atoms with van der Waals surface area (Å²) in [5.41, 5.74) is 0. The third-order valence-corrected chi connectivity index (χ3v) is 2.17. The third kappa shape index (κ3) is 1.76. The Morgan fingerprint density at radius 1 is 1.00 bits per heavy atom. The minimum Gasteiger partial charge on any atom is -0.239 e. The summed E-state index contributed by atoms with van der Waals surface area (Å²) in [5, 5.41) is 0. The van der Waals surface area contributed by atoms with Crippen LogP contribution in [0.15, 0.2) is 0 Å². The molecule has 0 radical (unpaired) electrons. The highest BCUT2D eigenvalue weighted by Crippen LogP contribution is 1.83. The van der Waals surface area contributed by atoms with Gasteiger partial charge in [-0.2, -0.15) is 0 Å². The van der Waals surface area contributed by atoms with E-state index in [1.165, 1.54) is 0 Å². The summed E-state index contributed by atoms with van der Waals surface area (Å²) in [6.45, 7) is 3.81. The summed E-state index contributed by atoms with van der Waals surface area (Å²) >= 11 is -0.214. The van der Waals surface area contributed by atoms with Crippen LogP contribution in [0.5, 0.6) is 0 Å². The summed E-state index contributed by atoms with van der Waals surface area (Å²) in [7, 11) is 0. The lowest BCUT2D eigenvalue weighted by atomic mass is 10.6. The molecule has 0 fully saturated rings. The van der Waals surface area contributed by atoms with Crippen molar-refractivity contribution < 1.29 is 0 Å². The third-order valence-electron chi connectivity index (χ3n) is 1.22. The van der Waals surface area contributed by atoms with Crippen molar-refractivity contribution in [1.29, 1.82) is 0 Å². The molecule has 0 aliphatic carbocycles. The van der Waals surface area contributed by atoms with Crippen LogP contribution >= 0.6 is 0 Å². The smallest absolute Gasteiger partial charge is 0.239 e. The molecule has 1 heterocycles. The number of aryl methyl sites for hydroxylation is 2. The van der Waals surface area contributed by atoms with Crippen LogP contribution in [0.4, 0.5) is 0 Å². The van der Waals surface area contributed by atoms with Crippen molar-refractivity contribution in [2.75, 3.05) is 0 Å². The van der Waals surface area contributed by atoms with Crippen LogP contribution in [0.2, 0.25) is 5.79 Å². The van der Waals surface area contributed by atoms with E-state index in [2.05, 4.69) is 20.7 Å². The van der Waals surface area contributed by atoms with Crippen molar-refractivity contribution in [3.63, 3.8) is 0 Å². The van der Waals surface area contributed by atoms with Gasteiger partial charge in [-0.1, -0.05) is 0 Å². The van der Waals surface area contributed by atoms with Crippen molar-refractivity contribution in [2.45, 2.75) is 19.6 Å². The fourth-order valence-electron chi connectivity index (χ4n) is 0.841. The van der Waals surface area contributed by atoms with Gasteiger partial charge in [-0.3, -0.25) is 0 Å². The summed E-state index contributed by atoms with van der Waals surface area (Å²) < 4.78 is 1.02. The summed E-state index contributed by atoms with van der Waals surface area (Å²) in [5.74, 6) is 3.86. The molecule has 0 aliphatic rings. The zero-order chi connectivity index (χ0) is 7.56. The highest BCUT2D eigenvalue weighted by molar-refractivity contribution is 6.49. The van der Waals surface area contributed by atoms with Crippen LogP contribution in [-0.4, -0.2) is 30.2 Å². The van der Waals surface area contributed by atoms with Gasteiger partial charge in [0, 0.05) is 4.69 Å². The van der Waals surface area contributed by atoms with Crippen molar-refractivity contribution in [3.05, 3.63) is 11.6 Å². The molecular weight excluding hydrogens is 141 g/mol. The van der Waals surface area contributed by atoms with Crippen LogP contribution in [0.1, 0.15) is 11.6 Å². The number of hydrogen-bond acceptors (Lipinski definition) is 3. The fourth-order valence-corrected chi connectivity index (χ4v) is 1.61. The summed E-state index contributed by atoms with van der Waals surface area (Å²) in [4.78, 5) is 12.5. The van der Waals surface area contributed by atoms with E-state index in [1.807, 2.05) is 13.8 Å². The first-order valence-electron chi connectivity index (χ1n) is 3.40. The molecule has 4 heteroatoms. The lowest BCUT2D eigenvalue weighted by Crippen LogP contribution is -2.22. The van der Waals surface area contributed by atoms with Crippen LogP contribution in [-0.2, 0) is 0 Å². The second-order valence-electron chi connectivity index (χ2n) is 2.20. The van der Waals surface area contributed by atoms with Gasteiger partial charge in [-0.15, -0.1) is 5.79 Å². The van der Waals surface area contributed by atoms with E-state index in [-0.39, 0.29) is 15.2 Å².